The Morgan fingerprint density at radius 3 is 2.27 bits per heavy atom. The maximum absolute atomic E-state index is 4.02. The molecule has 0 heterocycles. The monoisotopic (exact) mass is 152 g/mol. The van der Waals surface area contributed by atoms with Gasteiger partial charge in [-0.3, -0.25) is 0 Å². The lowest BCUT2D eigenvalue weighted by Crippen LogP contribution is -1.90. The van der Waals surface area contributed by atoms with E-state index in [1.165, 1.54) is 11.1 Å². The van der Waals surface area contributed by atoms with Crippen LogP contribution in [0.1, 0.15) is 40.5 Å². The largest absolute Gasteiger partial charge is 0.0996 e. The van der Waals surface area contributed by atoms with E-state index < -0.39 is 0 Å². The normalized spacial score (nSPS) is 9.91. The number of allylic oxidation sites excluding steroid dienone is 3. The van der Waals surface area contributed by atoms with Gasteiger partial charge in [-0.05, 0) is 32.6 Å². The Kier molecular flexibility index (Phi) is 4.93. The highest BCUT2D eigenvalue weighted by Crippen LogP contribution is 2.13. The van der Waals surface area contributed by atoms with E-state index in [9.17, 15) is 0 Å². The molecule has 0 aromatic rings. The zero-order chi connectivity index (χ0) is 8.85. The molecule has 0 aliphatic carbocycles. The minimum atomic E-state index is 0.639. The van der Waals surface area contributed by atoms with E-state index in [2.05, 4.69) is 40.3 Å². The quantitative estimate of drug-likeness (QED) is 0.535. The molecule has 0 aliphatic rings. The van der Waals surface area contributed by atoms with Crippen molar-refractivity contribution >= 4 is 0 Å². The van der Waals surface area contributed by atoms with E-state index in [-0.39, 0.29) is 0 Å². The molecule has 0 amide bonds. The van der Waals surface area contributed by atoms with Gasteiger partial charge in [0.1, 0.15) is 0 Å². The maximum Gasteiger partial charge on any atom is -0.0263 e. The molecule has 0 nitrogen and oxygen atoms in total. The molecule has 0 N–H and O–H groups in total. The summed E-state index contributed by atoms with van der Waals surface area (Å²) in [4.78, 5) is 0. The topological polar surface area (TPSA) is 0 Å². The molecule has 0 unspecified atom stereocenters. The first-order valence-corrected chi connectivity index (χ1v) is 4.35. The molecule has 0 aromatic carbocycles. The zero-order valence-electron chi connectivity index (χ0n) is 8.28. The third kappa shape index (κ3) is 5.90. The molecule has 0 heteroatoms. The van der Waals surface area contributed by atoms with Crippen molar-refractivity contribution in [2.45, 2.75) is 40.5 Å². The van der Waals surface area contributed by atoms with Crippen LogP contribution in [0.25, 0.3) is 0 Å². The summed E-state index contributed by atoms with van der Waals surface area (Å²) in [6, 6.07) is 0. The van der Waals surface area contributed by atoms with E-state index in [1.807, 2.05) is 0 Å². The van der Waals surface area contributed by atoms with Gasteiger partial charge in [0, 0.05) is 0 Å². The molecule has 64 valence electrons. The first-order chi connectivity index (χ1) is 5.04. The van der Waals surface area contributed by atoms with Gasteiger partial charge in [-0.15, -0.1) is 0 Å². The highest BCUT2D eigenvalue weighted by atomic mass is 14.0. The first-order valence-electron chi connectivity index (χ1n) is 4.35. The molecule has 11 heavy (non-hydrogen) atoms. The van der Waals surface area contributed by atoms with Crippen LogP contribution in [0.5, 0.6) is 0 Å². The zero-order valence-corrected chi connectivity index (χ0v) is 8.28. The fourth-order valence-electron chi connectivity index (χ4n) is 0.835. The van der Waals surface area contributed by atoms with Crippen LogP contribution in [0.3, 0.4) is 0 Å². The SMILES string of the molecule is C=C(CCC=C(C)C)C(C)C. The average molecular weight is 152 g/mol. The summed E-state index contributed by atoms with van der Waals surface area (Å²) in [5, 5.41) is 0. The predicted molar refractivity (Wildman–Crippen MR) is 52.6 cm³/mol. The standard InChI is InChI=1S/C11H20/c1-9(2)7-6-8-11(5)10(3)4/h7,10H,5-6,8H2,1-4H3. The second-order valence-electron chi connectivity index (χ2n) is 3.63. The van der Waals surface area contributed by atoms with Crippen molar-refractivity contribution < 1.29 is 0 Å². The van der Waals surface area contributed by atoms with Gasteiger partial charge in [0.15, 0.2) is 0 Å². The number of rotatable bonds is 4. The van der Waals surface area contributed by atoms with Crippen molar-refractivity contribution in [3.63, 3.8) is 0 Å². The molecule has 0 spiro atoms. The van der Waals surface area contributed by atoms with Gasteiger partial charge in [-0.1, -0.05) is 37.6 Å². The Balaban J connectivity index is 3.56. The molecule has 0 rings (SSSR count). The summed E-state index contributed by atoms with van der Waals surface area (Å²) >= 11 is 0. The van der Waals surface area contributed by atoms with Gasteiger partial charge >= 0.3 is 0 Å². The van der Waals surface area contributed by atoms with Gasteiger partial charge in [0.25, 0.3) is 0 Å². The van der Waals surface area contributed by atoms with Crippen LogP contribution in [0.2, 0.25) is 0 Å². The van der Waals surface area contributed by atoms with Crippen LogP contribution >= 0.6 is 0 Å². The molecule has 0 fully saturated rings. The molecule has 0 saturated carbocycles. The average Bonchev–Trinajstić information content (AvgIpc) is 1.86. The van der Waals surface area contributed by atoms with Gasteiger partial charge in [-0.2, -0.15) is 0 Å². The lowest BCUT2D eigenvalue weighted by Gasteiger charge is -2.06. The molecule has 0 aromatic heterocycles. The van der Waals surface area contributed by atoms with Crippen molar-refractivity contribution in [3.05, 3.63) is 23.8 Å². The van der Waals surface area contributed by atoms with Gasteiger partial charge < -0.3 is 0 Å². The summed E-state index contributed by atoms with van der Waals surface area (Å²) in [7, 11) is 0. The molecule has 0 atom stereocenters. The summed E-state index contributed by atoms with van der Waals surface area (Å²) in [5.41, 5.74) is 2.77. The highest BCUT2D eigenvalue weighted by molar-refractivity contribution is 5.01. The van der Waals surface area contributed by atoms with E-state index in [1.54, 1.807) is 0 Å². The van der Waals surface area contributed by atoms with Crippen LogP contribution in [0.15, 0.2) is 23.8 Å². The van der Waals surface area contributed by atoms with Gasteiger partial charge in [0.05, 0.1) is 0 Å². The summed E-state index contributed by atoms with van der Waals surface area (Å²) in [6.45, 7) is 12.7. The minimum absolute atomic E-state index is 0.639. The number of hydrogen-bond acceptors (Lipinski definition) is 0. The molecular weight excluding hydrogens is 132 g/mol. The van der Waals surface area contributed by atoms with E-state index >= 15 is 0 Å². The Morgan fingerprint density at radius 2 is 1.91 bits per heavy atom. The van der Waals surface area contributed by atoms with E-state index in [0.717, 1.165) is 12.8 Å². The third-order valence-electron chi connectivity index (χ3n) is 1.83. The second kappa shape index (κ2) is 5.17. The number of hydrogen-bond donors (Lipinski definition) is 0. The second-order valence-corrected chi connectivity index (χ2v) is 3.63. The Hall–Kier alpha value is -0.520. The van der Waals surface area contributed by atoms with E-state index in [0.29, 0.717) is 5.92 Å². The fraction of sp³-hybridized carbons (Fsp3) is 0.636. The lowest BCUT2D eigenvalue weighted by atomic mass is 10.00. The Morgan fingerprint density at radius 1 is 1.36 bits per heavy atom. The van der Waals surface area contributed by atoms with E-state index in [4.69, 9.17) is 0 Å². The molecule has 0 bridgehead atoms. The predicted octanol–water partition coefficient (Wildman–Crippen LogP) is 3.95. The Bertz CT molecular complexity index is 145. The van der Waals surface area contributed by atoms with Crippen LogP contribution in [-0.4, -0.2) is 0 Å². The van der Waals surface area contributed by atoms with Crippen LogP contribution in [0, 0.1) is 5.92 Å². The fourth-order valence-corrected chi connectivity index (χ4v) is 0.835. The van der Waals surface area contributed by atoms with Crippen LogP contribution in [-0.2, 0) is 0 Å². The molecule has 0 radical (unpaired) electrons. The summed E-state index contributed by atoms with van der Waals surface area (Å²) in [6.07, 6.45) is 4.57. The van der Waals surface area contributed by atoms with Gasteiger partial charge in [-0.25, -0.2) is 0 Å². The lowest BCUT2D eigenvalue weighted by molar-refractivity contribution is 0.718. The van der Waals surface area contributed by atoms with Crippen LogP contribution < -0.4 is 0 Å². The first kappa shape index (κ1) is 10.5. The van der Waals surface area contributed by atoms with Crippen molar-refractivity contribution in [1.29, 1.82) is 0 Å². The summed E-state index contributed by atoms with van der Waals surface area (Å²) < 4.78 is 0. The van der Waals surface area contributed by atoms with Crippen molar-refractivity contribution in [1.82, 2.24) is 0 Å². The molecule has 0 saturated heterocycles. The third-order valence-corrected chi connectivity index (χ3v) is 1.83. The van der Waals surface area contributed by atoms with Crippen molar-refractivity contribution in [3.8, 4) is 0 Å². The maximum atomic E-state index is 4.02. The summed E-state index contributed by atoms with van der Waals surface area (Å²) in [5.74, 6) is 0.639. The molecule has 0 aliphatic heterocycles. The smallest absolute Gasteiger partial charge is 0.0263 e. The Labute approximate surface area is 71.0 Å². The van der Waals surface area contributed by atoms with Gasteiger partial charge in [0.2, 0.25) is 0 Å². The highest BCUT2D eigenvalue weighted by Gasteiger charge is 1.97. The minimum Gasteiger partial charge on any atom is -0.0996 e. The van der Waals surface area contributed by atoms with Crippen LogP contribution in [0.4, 0.5) is 0 Å². The molecular formula is C11H20. The van der Waals surface area contributed by atoms with Crippen molar-refractivity contribution in [2.24, 2.45) is 5.92 Å². The van der Waals surface area contributed by atoms with Crippen molar-refractivity contribution in [2.75, 3.05) is 0 Å².